The minimum atomic E-state index is -0.0643. The maximum Gasteiger partial charge on any atom is 0.224 e. The second-order valence-corrected chi connectivity index (χ2v) is 4.26. The average molecular weight is 236 g/mol. The molecule has 0 aliphatic heterocycles. The number of phenols is 1. The van der Waals surface area contributed by atoms with Crippen LogP contribution in [0.25, 0.3) is 0 Å². The van der Waals surface area contributed by atoms with Gasteiger partial charge in [-0.2, -0.15) is 0 Å². The number of aryl methyl sites for hydroxylation is 1. The number of rotatable bonds is 5. The van der Waals surface area contributed by atoms with Crippen molar-refractivity contribution in [2.45, 2.75) is 26.7 Å². The second-order valence-electron chi connectivity index (χ2n) is 4.26. The molecule has 94 valence electrons. The van der Waals surface area contributed by atoms with Crippen LogP contribution in [0.1, 0.15) is 25.3 Å². The monoisotopic (exact) mass is 236 g/mol. The first-order valence-corrected chi connectivity index (χ1v) is 5.86. The Bertz CT molecular complexity index is 387. The Morgan fingerprint density at radius 2 is 2.24 bits per heavy atom. The van der Waals surface area contributed by atoms with Gasteiger partial charge in [-0.15, -0.1) is 0 Å². The smallest absolute Gasteiger partial charge is 0.224 e. The zero-order chi connectivity index (χ0) is 12.8. The molecule has 0 heterocycles. The van der Waals surface area contributed by atoms with Gasteiger partial charge in [-0.05, 0) is 31.0 Å². The van der Waals surface area contributed by atoms with Gasteiger partial charge in [-0.25, -0.2) is 0 Å². The molecule has 0 saturated carbocycles. The Morgan fingerprint density at radius 3 is 2.76 bits per heavy atom. The summed E-state index contributed by atoms with van der Waals surface area (Å²) in [6, 6.07) is 5.10. The van der Waals surface area contributed by atoms with Crippen molar-refractivity contribution in [3.05, 3.63) is 23.8 Å². The average Bonchev–Trinajstić information content (AvgIpc) is 2.31. The second kappa shape index (κ2) is 6.25. The van der Waals surface area contributed by atoms with Crippen molar-refractivity contribution >= 4 is 11.6 Å². The van der Waals surface area contributed by atoms with E-state index in [0.717, 1.165) is 12.0 Å². The number of hydrogen-bond donors (Lipinski definition) is 3. The van der Waals surface area contributed by atoms with E-state index < -0.39 is 0 Å². The summed E-state index contributed by atoms with van der Waals surface area (Å²) in [4.78, 5) is 11.7. The number of amides is 1. The molecule has 1 amide bonds. The van der Waals surface area contributed by atoms with Gasteiger partial charge in [-0.1, -0.05) is 19.4 Å². The standard InChI is InChI=1S/C13H20N2O2/c1-3-10(8-14)6-13(17)15-11-5-4-9(2)12(16)7-11/h4-5,7,10,16H,3,6,8,14H2,1-2H3,(H,15,17). The summed E-state index contributed by atoms with van der Waals surface area (Å²) in [5.41, 5.74) is 6.95. The van der Waals surface area contributed by atoms with Crippen LogP contribution in [0.5, 0.6) is 5.75 Å². The van der Waals surface area contributed by atoms with E-state index in [9.17, 15) is 9.90 Å². The Morgan fingerprint density at radius 1 is 1.53 bits per heavy atom. The maximum absolute atomic E-state index is 11.7. The van der Waals surface area contributed by atoms with E-state index >= 15 is 0 Å². The number of nitrogens with one attached hydrogen (secondary N) is 1. The SMILES string of the molecule is CCC(CN)CC(=O)Nc1ccc(C)c(O)c1. The molecule has 0 saturated heterocycles. The maximum atomic E-state index is 11.7. The van der Waals surface area contributed by atoms with Gasteiger partial charge in [0, 0.05) is 18.2 Å². The van der Waals surface area contributed by atoms with Gasteiger partial charge in [0.1, 0.15) is 5.75 Å². The molecule has 0 aliphatic carbocycles. The van der Waals surface area contributed by atoms with E-state index in [1.165, 1.54) is 0 Å². The van der Waals surface area contributed by atoms with Crippen LogP contribution >= 0.6 is 0 Å². The van der Waals surface area contributed by atoms with E-state index in [2.05, 4.69) is 5.32 Å². The summed E-state index contributed by atoms with van der Waals surface area (Å²) in [5, 5.41) is 12.3. The zero-order valence-electron chi connectivity index (χ0n) is 10.4. The number of anilines is 1. The summed E-state index contributed by atoms with van der Waals surface area (Å²) < 4.78 is 0. The van der Waals surface area contributed by atoms with Crippen LogP contribution in [0.2, 0.25) is 0 Å². The molecule has 0 spiro atoms. The van der Waals surface area contributed by atoms with Crippen molar-refractivity contribution < 1.29 is 9.90 Å². The van der Waals surface area contributed by atoms with E-state index in [4.69, 9.17) is 5.73 Å². The van der Waals surface area contributed by atoms with Crippen LogP contribution in [-0.4, -0.2) is 17.6 Å². The van der Waals surface area contributed by atoms with Crippen LogP contribution in [0.3, 0.4) is 0 Å². The van der Waals surface area contributed by atoms with E-state index in [1.54, 1.807) is 18.2 Å². The first-order chi connectivity index (χ1) is 8.06. The summed E-state index contributed by atoms with van der Waals surface area (Å²) >= 11 is 0. The molecule has 17 heavy (non-hydrogen) atoms. The zero-order valence-corrected chi connectivity index (χ0v) is 10.4. The highest BCUT2D eigenvalue weighted by molar-refractivity contribution is 5.91. The molecule has 1 atom stereocenters. The molecule has 4 nitrogen and oxygen atoms in total. The van der Waals surface area contributed by atoms with Gasteiger partial charge < -0.3 is 16.2 Å². The van der Waals surface area contributed by atoms with Gasteiger partial charge in [0.05, 0.1) is 0 Å². The van der Waals surface area contributed by atoms with Crippen molar-refractivity contribution in [3.8, 4) is 5.75 Å². The van der Waals surface area contributed by atoms with Crippen LogP contribution in [0.4, 0.5) is 5.69 Å². The number of nitrogens with two attached hydrogens (primary N) is 1. The predicted molar refractivity (Wildman–Crippen MR) is 68.9 cm³/mol. The Kier molecular flexibility index (Phi) is 4.97. The summed E-state index contributed by atoms with van der Waals surface area (Å²) in [5.74, 6) is 0.341. The highest BCUT2D eigenvalue weighted by Crippen LogP contribution is 2.21. The van der Waals surface area contributed by atoms with Crippen LogP contribution in [0.15, 0.2) is 18.2 Å². The van der Waals surface area contributed by atoms with Gasteiger partial charge in [0.15, 0.2) is 0 Å². The number of carbonyl (C=O) groups excluding carboxylic acids is 1. The lowest BCUT2D eigenvalue weighted by Gasteiger charge is -2.12. The van der Waals surface area contributed by atoms with Gasteiger partial charge in [-0.3, -0.25) is 4.79 Å². The normalized spacial score (nSPS) is 12.2. The Hall–Kier alpha value is -1.55. The number of hydrogen-bond acceptors (Lipinski definition) is 3. The van der Waals surface area contributed by atoms with Crippen molar-refractivity contribution in [2.24, 2.45) is 11.7 Å². The summed E-state index contributed by atoms with van der Waals surface area (Å²) in [6.07, 6.45) is 1.31. The van der Waals surface area contributed by atoms with Gasteiger partial charge in [0.25, 0.3) is 0 Å². The molecule has 0 aliphatic rings. The fourth-order valence-electron chi connectivity index (χ4n) is 1.56. The molecular weight excluding hydrogens is 216 g/mol. The van der Waals surface area contributed by atoms with Crippen LogP contribution < -0.4 is 11.1 Å². The number of benzene rings is 1. The molecule has 4 N–H and O–H groups in total. The van der Waals surface area contributed by atoms with Crippen LogP contribution in [-0.2, 0) is 4.79 Å². The molecule has 1 unspecified atom stereocenters. The molecule has 0 fully saturated rings. The van der Waals surface area contributed by atoms with E-state index in [1.807, 2.05) is 13.8 Å². The molecule has 1 aromatic carbocycles. The van der Waals surface area contributed by atoms with Crippen molar-refractivity contribution in [2.75, 3.05) is 11.9 Å². The molecular formula is C13H20N2O2. The predicted octanol–water partition coefficient (Wildman–Crippen LogP) is 2.01. The molecule has 0 bridgehead atoms. The van der Waals surface area contributed by atoms with Gasteiger partial charge >= 0.3 is 0 Å². The number of aromatic hydroxyl groups is 1. The summed E-state index contributed by atoms with van der Waals surface area (Å²) in [6.45, 7) is 4.34. The number of carbonyl (C=O) groups is 1. The minimum Gasteiger partial charge on any atom is -0.508 e. The van der Waals surface area contributed by atoms with Crippen molar-refractivity contribution in [1.29, 1.82) is 0 Å². The lowest BCUT2D eigenvalue weighted by atomic mass is 10.0. The highest BCUT2D eigenvalue weighted by Gasteiger charge is 2.10. The minimum absolute atomic E-state index is 0.0643. The Balaban J connectivity index is 2.58. The Labute approximate surface area is 102 Å². The molecule has 0 aromatic heterocycles. The number of phenolic OH excluding ortho intramolecular Hbond substituents is 1. The first-order valence-electron chi connectivity index (χ1n) is 5.86. The topological polar surface area (TPSA) is 75.4 Å². The molecule has 1 aromatic rings. The largest absolute Gasteiger partial charge is 0.508 e. The first kappa shape index (κ1) is 13.5. The molecule has 4 heteroatoms. The lowest BCUT2D eigenvalue weighted by molar-refractivity contribution is -0.117. The quantitative estimate of drug-likeness (QED) is 0.732. The molecule has 0 radical (unpaired) electrons. The fourth-order valence-corrected chi connectivity index (χ4v) is 1.56. The third-order valence-corrected chi connectivity index (χ3v) is 2.88. The molecule has 1 rings (SSSR count). The van der Waals surface area contributed by atoms with E-state index in [0.29, 0.717) is 18.7 Å². The third kappa shape index (κ3) is 4.07. The third-order valence-electron chi connectivity index (χ3n) is 2.88. The summed E-state index contributed by atoms with van der Waals surface area (Å²) in [7, 11) is 0. The van der Waals surface area contributed by atoms with E-state index in [-0.39, 0.29) is 17.6 Å². The fraction of sp³-hybridized carbons (Fsp3) is 0.462. The van der Waals surface area contributed by atoms with Crippen molar-refractivity contribution in [3.63, 3.8) is 0 Å². The highest BCUT2D eigenvalue weighted by atomic mass is 16.3. The lowest BCUT2D eigenvalue weighted by Crippen LogP contribution is -2.21. The van der Waals surface area contributed by atoms with Crippen LogP contribution in [0, 0.1) is 12.8 Å². The van der Waals surface area contributed by atoms with Crippen molar-refractivity contribution in [1.82, 2.24) is 0 Å². The van der Waals surface area contributed by atoms with Gasteiger partial charge in [0.2, 0.25) is 5.91 Å².